The van der Waals surface area contributed by atoms with Gasteiger partial charge in [0.05, 0.1) is 6.42 Å². The summed E-state index contributed by atoms with van der Waals surface area (Å²) in [5.41, 5.74) is 3.94. The van der Waals surface area contributed by atoms with Gasteiger partial charge in [0, 0.05) is 75.1 Å². The summed E-state index contributed by atoms with van der Waals surface area (Å²) < 4.78 is 39.6. The van der Waals surface area contributed by atoms with E-state index in [-0.39, 0.29) is 18.1 Å². The average molecular weight is 419 g/mol. The fourth-order valence-corrected chi connectivity index (χ4v) is 3.99. The molecule has 0 bridgehead atoms. The molecule has 0 aliphatic carbocycles. The Balaban J connectivity index is 1.60. The van der Waals surface area contributed by atoms with Crippen molar-refractivity contribution in [1.29, 1.82) is 0 Å². The second-order valence-electron chi connectivity index (χ2n) is 7.88. The molecule has 1 N–H and O–H groups in total. The smallest absolute Gasteiger partial charge is 0.361 e. The first kappa shape index (κ1) is 20.5. The van der Waals surface area contributed by atoms with E-state index in [2.05, 4.69) is 21.0 Å². The van der Waals surface area contributed by atoms with Gasteiger partial charge in [-0.2, -0.15) is 18.3 Å². The van der Waals surface area contributed by atoms with Gasteiger partial charge in [-0.15, -0.1) is 0 Å². The Hall–Kier alpha value is -2.81. The van der Waals surface area contributed by atoms with E-state index in [1.54, 1.807) is 14.1 Å². The molecule has 9 heteroatoms. The standard InChI is InChI=1S/C21H24F3N5O/c1-27(2)20(30)19-16-13-28(12-14-11-25-17-6-4-3-5-15(14)17)9-7-18(16)29(26-19)10-8-21(22,23)24/h3-6,11,25H,7-10,12-13H2,1-2H3. The summed E-state index contributed by atoms with van der Waals surface area (Å²) in [4.78, 5) is 19.5. The van der Waals surface area contributed by atoms with Crippen molar-refractivity contribution in [2.24, 2.45) is 0 Å². The molecule has 2 aromatic heterocycles. The number of hydrogen-bond donors (Lipinski definition) is 1. The lowest BCUT2D eigenvalue weighted by Gasteiger charge is -2.27. The summed E-state index contributed by atoms with van der Waals surface area (Å²) in [6.07, 6.45) is -2.68. The number of nitrogens with one attached hydrogen (secondary N) is 1. The molecule has 0 spiro atoms. The minimum atomic E-state index is -4.26. The maximum Gasteiger partial charge on any atom is 0.390 e. The molecule has 1 aliphatic rings. The van der Waals surface area contributed by atoms with Gasteiger partial charge in [0.1, 0.15) is 0 Å². The highest BCUT2D eigenvalue weighted by Gasteiger charge is 2.32. The summed E-state index contributed by atoms with van der Waals surface area (Å²) in [5.74, 6) is -0.286. The van der Waals surface area contributed by atoms with Crippen molar-refractivity contribution in [2.75, 3.05) is 20.6 Å². The van der Waals surface area contributed by atoms with Gasteiger partial charge in [0.25, 0.3) is 5.91 Å². The highest BCUT2D eigenvalue weighted by molar-refractivity contribution is 5.93. The Kier molecular flexibility index (Phi) is 5.31. The fourth-order valence-electron chi connectivity index (χ4n) is 3.99. The summed E-state index contributed by atoms with van der Waals surface area (Å²) in [6, 6.07) is 8.05. The Bertz CT molecular complexity index is 1070. The molecule has 0 atom stereocenters. The first-order chi connectivity index (χ1) is 14.2. The van der Waals surface area contributed by atoms with Gasteiger partial charge in [-0.25, -0.2) is 0 Å². The molecule has 4 rings (SSSR count). The van der Waals surface area contributed by atoms with Crippen LogP contribution in [0.3, 0.4) is 0 Å². The van der Waals surface area contributed by atoms with Crippen LogP contribution in [0.15, 0.2) is 30.5 Å². The van der Waals surface area contributed by atoms with Crippen molar-refractivity contribution in [3.63, 3.8) is 0 Å². The van der Waals surface area contributed by atoms with Crippen molar-refractivity contribution in [3.8, 4) is 0 Å². The number of fused-ring (bicyclic) bond motifs is 2. The highest BCUT2D eigenvalue weighted by Crippen LogP contribution is 2.28. The Morgan fingerprint density at radius 2 is 2.03 bits per heavy atom. The number of aromatic nitrogens is 3. The molecule has 0 unspecified atom stereocenters. The van der Waals surface area contributed by atoms with Crippen LogP contribution in [0.2, 0.25) is 0 Å². The maximum atomic E-state index is 12.7. The average Bonchev–Trinajstić information content (AvgIpc) is 3.27. The van der Waals surface area contributed by atoms with Gasteiger partial charge in [-0.3, -0.25) is 14.4 Å². The third-order valence-electron chi connectivity index (χ3n) is 5.50. The van der Waals surface area contributed by atoms with E-state index >= 15 is 0 Å². The molecule has 0 saturated heterocycles. The zero-order valence-electron chi connectivity index (χ0n) is 17.0. The van der Waals surface area contributed by atoms with E-state index in [0.29, 0.717) is 26.1 Å². The number of aromatic amines is 1. The van der Waals surface area contributed by atoms with Crippen molar-refractivity contribution >= 4 is 16.8 Å². The lowest BCUT2D eigenvalue weighted by atomic mass is 10.0. The summed E-state index contributed by atoms with van der Waals surface area (Å²) >= 11 is 0. The lowest BCUT2D eigenvalue weighted by Crippen LogP contribution is -2.32. The van der Waals surface area contributed by atoms with Crippen LogP contribution in [-0.4, -0.2) is 57.3 Å². The van der Waals surface area contributed by atoms with E-state index in [1.165, 1.54) is 9.58 Å². The van der Waals surface area contributed by atoms with Gasteiger partial charge in [0.2, 0.25) is 0 Å². The number of hydrogen-bond acceptors (Lipinski definition) is 3. The molecule has 6 nitrogen and oxygen atoms in total. The zero-order chi connectivity index (χ0) is 21.5. The van der Waals surface area contributed by atoms with Crippen LogP contribution in [0.4, 0.5) is 13.2 Å². The lowest BCUT2D eigenvalue weighted by molar-refractivity contribution is -0.137. The Morgan fingerprint density at radius 1 is 1.27 bits per heavy atom. The van der Waals surface area contributed by atoms with E-state index in [4.69, 9.17) is 0 Å². The number of carbonyl (C=O) groups is 1. The molecule has 1 aliphatic heterocycles. The van der Waals surface area contributed by atoms with Crippen molar-refractivity contribution in [1.82, 2.24) is 24.6 Å². The Labute approximate surface area is 172 Å². The number of carbonyl (C=O) groups excluding carboxylic acids is 1. The second kappa shape index (κ2) is 7.79. The van der Waals surface area contributed by atoms with Crippen LogP contribution < -0.4 is 0 Å². The number of aryl methyl sites for hydroxylation is 1. The monoisotopic (exact) mass is 419 g/mol. The van der Waals surface area contributed by atoms with Crippen molar-refractivity contribution in [2.45, 2.75) is 38.7 Å². The largest absolute Gasteiger partial charge is 0.390 e. The number of alkyl halides is 3. The molecular formula is C21H24F3N5O. The van der Waals surface area contributed by atoms with Gasteiger partial charge in [0.15, 0.2) is 5.69 Å². The van der Waals surface area contributed by atoms with Crippen LogP contribution in [0.25, 0.3) is 10.9 Å². The summed E-state index contributed by atoms with van der Waals surface area (Å²) in [6.45, 7) is 1.59. The number of para-hydroxylation sites is 1. The van der Waals surface area contributed by atoms with Crippen LogP contribution in [0, 0.1) is 0 Å². The zero-order valence-corrected chi connectivity index (χ0v) is 17.0. The van der Waals surface area contributed by atoms with E-state index in [0.717, 1.165) is 27.7 Å². The fraction of sp³-hybridized carbons (Fsp3) is 0.429. The molecule has 3 heterocycles. The summed E-state index contributed by atoms with van der Waals surface area (Å²) in [5, 5.41) is 5.44. The van der Waals surface area contributed by atoms with E-state index in [9.17, 15) is 18.0 Å². The van der Waals surface area contributed by atoms with E-state index < -0.39 is 12.6 Å². The molecule has 0 saturated carbocycles. The van der Waals surface area contributed by atoms with Crippen molar-refractivity contribution < 1.29 is 18.0 Å². The number of benzene rings is 1. The first-order valence-corrected chi connectivity index (χ1v) is 9.87. The molecule has 1 amide bonds. The minimum Gasteiger partial charge on any atom is -0.361 e. The first-order valence-electron chi connectivity index (χ1n) is 9.87. The van der Waals surface area contributed by atoms with Crippen LogP contribution in [0.1, 0.15) is 33.7 Å². The quantitative estimate of drug-likeness (QED) is 0.688. The third kappa shape index (κ3) is 4.07. The van der Waals surface area contributed by atoms with Gasteiger partial charge < -0.3 is 9.88 Å². The molecule has 30 heavy (non-hydrogen) atoms. The predicted octanol–water partition coefficient (Wildman–Crippen LogP) is 3.58. The number of H-pyrrole nitrogens is 1. The van der Waals surface area contributed by atoms with Crippen LogP contribution in [0.5, 0.6) is 0 Å². The van der Waals surface area contributed by atoms with E-state index in [1.807, 2.05) is 24.4 Å². The van der Waals surface area contributed by atoms with Gasteiger partial charge in [-0.05, 0) is 11.6 Å². The number of halogens is 3. The number of rotatable bonds is 5. The maximum absolute atomic E-state index is 12.7. The highest BCUT2D eigenvalue weighted by atomic mass is 19.4. The molecule has 1 aromatic carbocycles. The molecule has 0 fully saturated rings. The SMILES string of the molecule is CN(C)C(=O)c1nn(CCC(F)(F)F)c2c1CN(Cc1c[nH]c3ccccc13)CC2. The summed E-state index contributed by atoms with van der Waals surface area (Å²) in [7, 11) is 3.24. The van der Waals surface area contributed by atoms with Crippen LogP contribution >= 0.6 is 0 Å². The molecule has 3 aromatic rings. The predicted molar refractivity (Wildman–Crippen MR) is 107 cm³/mol. The second-order valence-corrected chi connectivity index (χ2v) is 7.88. The van der Waals surface area contributed by atoms with Gasteiger partial charge in [-0.1, -0.05) is 18.2 Å². The van der Waals surface area contributed by atoms with Crippen LogP contribution in [-0.2, 0) is 26.1 Å². The molecular weight excluding hydrogens is 395 g/mol. The Morgan fingerprint density at radius 3 is 2.77 bits per heavy atom. The molecule has 0 radical (unpaired) electrons. The van der Waals surface area contributed by atoms with Crippen molar-refractivity contribution in [3.05, 3.63) is 53.0 Å². The normalized spacial score (nSPS) is 14.8. The third-order valence-corrected chi connectivity index (χ3v) is 5.50. The topological polar surface area (TPSA) is 57.2 Å². The number of nitrogens with zero attached hydrogens (tertiary/aromatic N) is 4. The minimum absolute atomic E-state index is 0.251. The van der Waals surface area contributed by atoms with Gasteiger partial charge >= 0.3 is 6.18 Å². The number of amides is 1. The molecule has 160 valence electrons.